The van der Waals surface area contributed by atoms with Crippen molar-refractivity contribution in [2.24, 2.45) is 0 Å². The van der Waals surface area contributed by atoms with Crippen molar-refractivity contribution in [3.63, 3.8) is 0 Å². The van der Waals surface area contributed by atoms with Crippen LogP contribution in [0.4, 0.5) is 0 Å². The number of pyridine rings is 1. The van der Waals surface area contributed by atoms with E-state index in [4.69, 9.17) is 0 Å². The van der Waals surface area contributed by atoms with Crippen LogP contribution in [0.25, 0.3) is 0 Å². The second-order valence-corrected chi connectivity index (χ2v) is 4.13. The van der Waals surface area contributed by atoms with Crippen LogP contribution in [-0.4, -0.2) is 36.1 Å². The Bertz CT molecular complexity index is 336. The Labute approximate surface area is 105 Å². The molecule has 1 rings (SSSR count). The van der Waals surface area contributed by atoms with Gasteiger partial charge in [-0.3, -0.25) is 9.88 Å². The molecule has 1 heterocycles. The minimum atomic E-state index is 0.875. The van der Waals surface area contributed by atoms with Crippen molar-refractivity contribution in [1.29, 1.82) is 0 Å². The van der Waals surface area contributed by atoms with E-state index in [9.17, 15) is 0 Å². The van der Waals surface area contributed by atoms with Gasteiger partial charge in [-0.1, -0.05) is 19.1 Å². The van der Waals surface area contributed by atoms with Gasteiger partial charge in [0.15, 0.2) is 0 Å². The highest BCUT2D eigenvalue weighted by Crippen LogP contribution is 2.02. The summed E-state index contributed by atoms with van der Waals surface area (Å²) in [6.07, 6.45) is 1.89. The molecule has 0 aliphatic carbocycles. The molecule has 1 aromatic rings. The SMILES string of the molecule is C=CCNCCN(CC)Cc1cccc(C)n1. The maximum atomic E-state index is 4.53. The minimum Gasteiger partial charge on any atom is -0.312 e. The second-order valence-electron chi connectivity index (χ2n) is 4.13. The maximum Gasteiger partial charge on any atom is 0.0547 e. The van der Waals surface area contributed by atoms with Gasteiger partial charge in [-0.05, 0) is 25.6 Å². The molecule has 0 amide bonds. The van der Waals surface area contributed by atoms with Crippen LogP contribution in [0.1, 0.15) is 18.3 Å². The third-order valence-electron chi connectivity index (χ3n) is 2.67. The van der Waals surface area contributed by atoms with Crippen molar-refractivity contribution in [2.45, 2.75) is 20.4 Å². The van der Waals surface area contributed by atoms with Crippen molar-refractivity contribution in [2.75, 3.05) is 26.2 Å². The van der Waals surface area contributed by atoms with Gasteiger partial charge >= 0.3 is 0 Å². The highest BCUT2D eigenvalue weighted by atomic mass is 15.1. The van der Waals surface area contributed by atoms with Crippen molar-refractivity contribution in [3.8, 4) is 0 Å². The summed E-state index contributed by atoms with van der Waals surface area (Å²) in [5, 5.41) is 3.32. The summed E-state index contributed by atoms with van der Waals surface area (Å²) in [4.78, 5) is 6.91. The molecule has 0 saturated heterocycles. The topological polar surface area (TPSA) is 28.2 Å². The molecule has 0 aliphatic heterocycles. The molecule has 0 saturated carbocycles. The number of aromatic nitrogens is 1. The van der Waals surface area contributed by atoms with E-state index in [2.05, 4.69) is 40.8 Å². The second kappa shape index (κ2) is 7.98. The van der Waals surface area contributed by atoms with Crippen LogP contribution < -0.4 is 5.32 Å². The number of likely N-dealkylation sites (N-methyl/N-ethyl adjacent to an activating group) is 1. The molecule has 0 fully saturated rings. The minimum absolute atomic E-state index is 0.875. The summed E-state index contributed by atoms with van der Waals surface area (Å²) in [5.41, 5.74) is 2.24. The van der Waals surface area contributed by atoms with Crippen LogP contribution in [0.5, 0.6) is 0 Å². The molecule has 17 heavy (non-hydrogen) atoms. The standard InChI is InChI=1S/C14H23N3/c1-4-9-15-10-11-17(5-2)12-14-8-6-7-13(3)16-14/h4,6-8,15H,1,5,9-12H2,2-3H3. The molecule has 0 radical (unpaired) electrons. The zero-order valence-corrected chi connectivity index (χ0v) is 10.9. The van der Waals surface area contributed by atoms with Gasteiger partial charge in [0.1, 0.15) is 0 Å². The van der Waals surface area contributed by atoms with Crippen LogP contribution in [0.2, 0.25) is 0 Å². The fourth-order valence-electron chi connectivity index (χ4n) is 1.71. The zero-order chi connectivity index (χ0) is 12.5. The number of hydrogen-bond donors (Lipinski definition) is 1. The normalized spacial score (nSPS) is 10.8. The lowest BCUT2D eigenvalue weighted by atomic mass is 10.3. The molecule has 1 aromatic heterocycles. The molecule has 3 nitrogen and oxygen atoms in total. The van der Waals surface area contributed by atoms with Gasteiger partial charge in [-0.15, -0.1) is 6.58 Å². The summed E-state index contributed by atoms with van der Waals surface area (Å²) in [7, 11) is 0. The lowest BCUT2D eigenvalue weighted by molar-refractivity contribution is 0.277. The predicted molar refractivity (Wildman–Crippen MR) is 73.0 cm³/mol. The van der Waals surface area contributed by atoms with E-state index in [-0.39, 0.29) is 0 Å². The number of aryl methyl sites for hydroxylation is 1. The van der Waals surface area contributed by atoms with Gasteiger partial charge in [-0.25, -0.2) is 0 Å². The van der Waals surface area contributed by atoms with Gasteiger partial charge in [-0.2, -0.15) is 0 Å². The fraction of sp³-hybridized carbons (Fsp3) is 0.500. The van der Waals surface area contributed by atoms with Crippen molar-refractivity contribution < 1.29 is 0 Å². The number of hydrogen-bond acceptors (Lipinski definition) is 3. The van der Waals surface area contributed by atoms with E-state index in [0.29, 0.717) is 0 Å². The van der Waals surface area contributed by atoms with E-state index in [0.717, 1.165) is 44.1 Å². The maximum absolute atomic E-state index is 4.53. The monoisotopic (exact) mass is 233 g/mol. The van der Waals surface area contributed by atoms with Crippen molar-refractivity contribution in [1.82, 2.24) is 15.2 Å². The third-order valence-corrected chi connectivity index (χ3v) is 2.67. The Morgan fingerprint density at radius 3 is 2.94 bits per heavy atom. The fourth-order valence-corrected chi connectivity index (χ4v) is 1.71. The Morgan fingerprint density at radius 1 is 1.47 bits per heavy atom. The Kier molecular flexibility index (Phi) is 6.51. The van der Waals surface area contributed by atoms with Crippen molar-refractivity contribution in [3.05, 3.63) is 42.2 Å². The zero-order valence-electron chi connectivity index (χ0n) is 10.9. The summed E-state index contributed by atoms with van der Waals surface area (Å²) in [6.45, 7) is 12.8. The van der Waals surface area contributed by atoms with Gasteiger partial charge in [0, 0.05) is 31.9 Å². The first kappa shape index (κ1) is 13.9. The largest absolute Gasteiger partial charge is 0.312 e. The summed E-state index contributed by atoms with van der Waals surface area (Å²) in [6, 6.07) is 6.19. The molecule has 3 heteroatoms. The molecule has 0 bridgehead atoms. The van der Waals surface area contributed by atoms with Gasteiger partial charge < -0.3 is 5.32 Å². The van der Waals surface area contributed by atoms with E-state index in [1.165, 1.54) is 0 Å². The quantitative estimate of drug-likeness (QED) is 0.550. The van der Waals surface area contributed by atoms with E-state index < -0.39 is 0 Å². The lowest BCUT2D eigenvalue weighted by Gasteiger charge is -2.20. The lowest BCUT2D eigenvalue weighted by Crippen LogP contribution is -2.32. The summed E-state index contributed by atoms with van der Waals surface area (Å²) in [5.74, 6) is 0. The van der Waals surface area contributed by atoms with Crippen LogP contribution in [0.3, 0.4) is 0 Å². The highest BCUT2D eigenvalue weighted by Gasteiger charge is 2.04. The molecule has 0 aromatic carbocycles. The summed E-state index contributed by atoms with van der Waals surface area (Å²) >= 11 is 0. The molecule has 0 aliphatic rings. The van der Waals surface area contributed by atoms with E-state index in [1.807, 2.05) is 19.1 Å². The molecular formula is C14H23N3. The summed E-state index contributed by atoms with van der Waals surface area (Å²) < 4.78 is 0. The first-order chi connectivity index (χ1) is 8.26. The first-order valence-corrected chi connectivity index (χ1v) is 6.22. The molecule has 0 atom stereocenters. The average molecular weight is 233 g/mol. The Morgan fingerprint density at radius 2 is 2.29 bits per heavy atom. The van der Waals surface area contributed by atoms with Crippen LogP contribution in [0.15, 0.2) is 30.9 Å². The molecule has 0 unspecified atom stereocenters. The van der Waals surface area contributed by atoms with Crippen LogP contribution >= 0.6 is 0 Å². The van der Waals surface area contributed by atoms with Gasteiger partial charge in [0.25, 0.3) is 0 Å². The Balaban J connectivity index is 2.38. The molecule has 0 spiro atoms. The highest BCUT2D eigenvalue weighted by molar-refractivity contribution is 5.09. The number of nitrogens with zero attached hydrogens (tertiary/aromatic N) is 2. The van der Waals surface area contributed by atoms with Crippen molar-refractivity contribution >= 4 is 0 Å². The smallest absolute Gasteiger partial charge is 0.0547 e. The predicted octanol–water partition coefficient (Wildman–Crippen LogP) is 1.99. The molecular weight excluding hydrogens is 210 g/mol. The Hall–Kier alpha value is -1.19. The third kappa shape index (κ3) is 5.61. The molecule has 1 N–H and O–H groups in total. The molecule has 94 valence electrons. The number of nitrogens with one attached hydrogen (secondary N) is 1. The number of rotatable bonds is 8. The average Bonchev–Trinajstić information content (AvgIpc) is 2.33. The first-order valence-electron chi connectivity index (χ1n) is 6.22. The van der Waals surface area contributed by atoms with Gasteiger partial charge in [0.05, 0.1) is 5.69 Å². The van der Waals surface area contributed by atoms with Gasteiger partial charge in [0.2, 0.25) is 0 Å². The van der Waals surface area contributed by atoms with E-state index >= 15 is 0 Å². The van der Waals surface area contributed by atoms with Crippen LogP contribution in [-0.2, 0) is 6.54 Å². The van der Waals surface area contributed by atoms with E-state index in [1.54, 1.807) is 0 Å². The van der Waals surface area contributed by atoms with Crippen LogP contribution in [0, 0.1) is 6.92 Å².